The van der Waals surface area contributed by atoms with E-state index >= 15 is 0 Å². The summed E-state index contributed by atoms with van der Waals surface area (Å²) in [5.41, 5.74) is 0.995. The Bertz CT molecular complexity index is 1470. The van der Waals surface area contributed by atoms with E-state index in [4.69, 9.17) is 23.7 Å². The summed E-state index contributed by atoms with van der Waals surface area (Å²) >= 11 is 1.20. The summed E-state index contributed by atoms with van der Waals surface area (Å²) in [5, 5.41) is 4.38. The fourth-order valence-corrected chi connectivity index (χ4v) is 4.24. The first-order valence-corrected chi connectivity index (χ1v) is 10.8. The summed E-state index contributed by atoms with van der Waals surface area (Å²) in [4.78, 5) is 29.1. The van der Waals surface area contributed by atoms with Crippen LogP contribution in [0.4, 0.5) is 0 Å². The van der Waals surface area contributed by atoms with Crippen LogP contribution in [-0.4, -0.2) is 49.0 Å². The van der Waals surface area contributed by atoms with Crippen LogP contribution >= 0.6 is 11.3 Å². The van der Waals surface area contributed by atoms with Crippen molar-refractivity contribution in [3.05, 3.63) is 50.8 Å². The number of methoxy groups -OCH3 is 4. The maximum Gasteiger partial charge on any atom is 0.308 e. The van der Waals surface area contributed by atoms with Crippen LogP contribution in [0.1, 0.15) is 12.5 Å². The van der Waals surface area contributed by atoms with E-state index in [1.807, 2.05) is 0 Å². The van der Waals surface area contributed by atoms with Gasteiger partial charge in [0.1, 0.15) is 0 Å². The van der Waals surface area contributed by atoms with Crippen molar-refractivity contribution in [3.8, 4) is 40.1 Å². The molecule has 4 aromatic rings. The summed E-state index contributed by atoms with van der Waals surface area (Å²) in [5.74, 6) is 1.93. The van der Waals surface area contributed by atoms with Crippen LogP contribution in [0.5, 0.6) is 28.7 Å². The minimum atomic E-state index is -0.453. The molecule has 0 amide bonds. The van der Waals surface area contributed by atoms with Gasteiger partial charge in [-0.2, -0.15) is 9.50 Å². The number of aromatic nitrogens is 3. The first-order chi connectivity index (χ1) is 16.4. The minimum Gasteiger partial charge on any atom is -0.493 e. The minimum absolute atomic E-state index is 0.298. The molecule has 2 aromatic heterocycles. The highest BCUT2D eigenvalue weighted by atomic mass is 32.1. The molecule has 0 saturated heterocycles. The van der Waals surface area contributed by atoms with E-state index in [0.717, 1.165) is 0 Å². The number of thiazole rings is 1. The maximum absolute atomic E-state index is 13.0. The van der Waals surface area contributed by atoms with Crippen LogP contribution in [-0.2, 0) is 4.79 Å². The normalized spacial score (nSPS) is 11.5. The molecule has 34 heavy (non-hydrogen) atoms. The Morgan fingerprint density at radius 3 is 2.18 bits per heavy atom. The molecule has 0 fully saturated rings. The molecule has 0 radical (unpaired) electrons. The molecule has 0 saturated carbocycles. The molecule has 0 bridgehead atoms. The van der Waals surface area contributed by atoms with Gasteiger partial charge in [-0.25, -0.2) is 0 Å². The number of esters is 1. The average molecular weight is 484 g/mol. The second-order valence-electron chi connectivity index (χ2n) is 6.96. The van der Waals surface area contributed by atoms with E-state index in [1.54, 1.807) is 36.4 Å². The van der Waals surface area contributed by atoms with Gasteiger partial charge in [0.15, 0.2) is 28.8 Å². The lowest BCUT2D eigenvalue weighted by Crippen LogP contribution is -2.23. The van der Waals surface area contributed by atoms with E-state index < -0.39 is 5.97 Å². The molecule has 11 heteroatoms. The third-order valence-corrected chi connectivity index (χ3v) is 5.80. The Kier molecular flexibility index (Phi) is 6.37. The lowest BCUT2D eigenvalue weighted by molar-refractivity contribution is -0.132. The zero-order valence-corrected chi connectivity index (χ0v) is 19.9. The lowest BCUT2D eigenvalue weighted by Gasteiger charge is -2.12. The van der Waals surface area contributed by atoms with Crippen molar-refractivity contribution in [3.63, 3.8) is 0 Å². The molecule has 0 aliphatic carbocycles. The molecule has 0 aliphatic rings. The highest BCUT2D eigenvalue weighted by Gasteiger charge is 2.18. The number of hydrogen-bond donors (Lipinski definition) is 0. The number of fused-ring (bicyclic) bond motifs is 1. The van der Waals surface area contributed by atoms with Crippen molar-refractivity contribution >= 4 is 28.3 Å². The van der Waals surface area contributed by atoms with Crippen molar-refractivity contribution in [1.29, 1.82) is 0 Å². The van der Waals surface area contributed by atoms with Crippen LogP contribution in [0.2, 0.25) is 0 Å². The summed E-state index contributed by atoms with van der Waals surface area (Å²) in [6.07, 6.45) is 1.70. The van der Waals surface area contributed by atoms with E-state index in [0.29, 0.717) is 55.2 Å². The summed E-state index contributed by atoms with van der Waals surface area (Å²) < 4.78 is 28.2. The quantitative estimate of drug-likeness (QED) is 0.289. The Labute approximate surface area is 197 Å². The van der Waals surface area contributed by atoms with Gasteiger partial charge in [-0.1, -0.05) is 17.4 Å². The van der Waals surface area contributed by atoms with Crippen LogP contribution in [0.25, 0.3) is 22.4 Å². The predicted octanol–water partition coefficient (Wildman–Crippen LogP) is 2.33. The van der Waals surface area contributed by atoms with Crippen molar-refractivity contribution < 1.29 is 28.5 Å². The van der Waals surface area contributed by atoms with Crippen molar-refractivity contribution in [2.24, 2.45) is 0 Å². The highest BCUT2D eigenvalue weighted by Crippen LogP contribution is 2.40. The summed E-state index contributed by atoms with van der Waals surface area (Å²) in [7, 11) is 6.03. The maximum atomic E-state index is 13.0. The van der Waals surface area contributed by atoms with Gasteiger partial charge in [0.05, 0.1) is 33.0 Å². The molecule has 2 heterocycles. The van der Waals surface area contributed by atoms with Crippen LogP contribution < -0.4 is 33.8 Å². The number of benzene rings is 2. The number of carbonyl (C=O) groups is 1. The van der Waals surface area contributed by atoms with E-state index in [-0.39, 0.29) is 5.56 Å². The smallest absolute Gasteiger partial charge is 0.308 e. The highest BCUT2D eigenvalue weighted by molar-refractivity contribution is 7.15. The Morgan fingerprint density at radius 1 is 0.941 bits per heavy atom. The number of carbonyl (C=O) groups excluding carboxylic acids is 1. The summed E-state index contributed by atoms with van der Waals surface area (Å²) in [6, 6.07) is 8.44. The van der Waals surface area contributed by atoms with Crippen LogP contribution in [0.15, 0.2) is 35.1 Å². The van der Waals surface area contributed by atoms with Crippen molar-refractivity contribution in [1.82, 2.24) is 14.6 Å². The van der Waals surface area contributed by atoms with E-state index in [2.05, 4.69) is 10.1 Å². The molecular formula is C23H21N3O7S. The van der Waals surface area contributed by atoms with Gasteiger partial charge in [-0.3, -0.25) is 9.59 Å². The van der Waals surface area contributed by atoms with Crippen molar-refractivity contribution in [2.45, 2.75) is 6.92 Å². The molecule has 0 aliphatic heterocycles. The number of nitrogens with zero attached hydrogens (tertiary/aromatic N) is 3. The van der Waals surface area contributed by atoms with Gasteiger partial charge in [-0.15, -0.1) is 5.10 Å². The van der Waals surface area contributed by atoms with Crippen LogP contribution in [0, 0.1) is 0 Å². The fraction of sp³-hybridized carbons (Fsp3) is 0.217. The SMILES string of the molecule is COc1cc(C=c2sc3nc(-c4cc(OC)c(OC)c(OC)c4)nn3c2=O)ccc1OC(C)=O. The Balaban J connectivity index is 1.75. The Morgan fingerprint density at radius 2 is 1.62 bits per heavy atom. The zero-order chi connectivity index (χ0) is 24.4. The first-order valence-electron chi connectivity index (χ1n) is 9.96. The molecule has 0 N–H and O–H groups in total. The average Bonchev–Trinajstić information content (AvgIpc) is 3.37. The van der Waals surface area contributed by atoms with E-state index in [9.17, 15) is 9.59 Å². The standard InChI is InChI=1S/C23H21N3O7S/c1-12(27)33-15-7-6-13(8-16(15)29-2)9-19-22(28)26-23(34-19)24-21(25-26)14-10-17(30-3)20(32-5)18(11-14)31-4/h6-11H,1-5H3. The zero-order valence-electron chi connectivity index (χ0n) is 19.1. The second-order valence-corrected chi connectivity index (χ2v) is 7.97. The van der Waals surface area contributed by atoms with Gasteiger partial charge < -0.3 is 23.7 Å². The molecule has 2 aromatic carbocycles. The third kappa shape index (κ3) is 4.25. The molecule has 10 nitrogen and oxygen atoms in total. The Hall–Kier alpha value is -4.12. The molecule has 0 atom stereocenters. The monoisotopic (exact) mass is 483 g/mol. The molecule has 4 rings (SSSR count). The first kappa shape index (κ1) is 23.1. The lowest BCUT2D eigenvalue weighted by atomic mass is 10.1. The van der Waals surface area contributed by atoms with Gasteiger partial charge in [-0.05, 0) is 35.9 Å². The molecule has 0 unspecified atom stereocenters. The second kappa shape index (κ2) is 9.40. The van der Waals surface area contributed by atoms with Gasteiger partial charge in [0.25, 0.3) is 5.56 Å². The van der Waals surface area contributed by atoms with Crippen LogP contribution in [0.3, 0.4) is 0 Å². The van der Waals surface area contributed by atoms with Gasteiger partial charge in [0.2, 0.25) is 10.7 Å². The molecular weight excluding hydrogens is 462 g/mol. The topological polar surface area (TPSA) is 110 Å². The molecule has 176 valence electrons. The predicted molar refractivity (Wildman–Crippen MR) is 125 cm³/mol. The van der Waals surface area contributed by atoms with E-state index in [1.165, 1.54) is 51.2 Å². The van der Waals surface area contributed by atoms with Crippen molar-refractivity contribution in [2.75, 3.05) is 28.4 Å². The number of ether oxygens (including phenoxy) is 5. The number of hydrogen-bond acceptors (Lipinski definition) is 10. The number of rotatable bonds is 7. The third-order valence-electron chi connectivity index (χ3n) is 4.84. The largest absolute Gasteiger partial charge is 0.493 e. The summed E-state index contributed by atoms with van der Waals surface area (Å²) in [6.45, 7) is 1.31. The fourth-order valence-electron chi connectivity index (χ4n) is 3.33. The van der Waals surface area contributed by atoms with Gasteiger partial charge in [0, 0.05) is 12.5 Å². The van der Waals surface area contributed by atoms with Gasteiger partial charge >= 0.3 is 5.97 Å². The molecule has 0 spiro atoms.